The molecule has 0 radical (unpaired) electrons. The number of halogens is 2. The highest BCUT2D eigenvalue weighted by Crippen LogP contribution is 2.26. The molecule has 2 rings (SSSR count). The van der Waals surface area contributed by atoms with Crippen molar-refractivity contribution < 1.29 is 9.13 Å². The Hall–Kier alpha value is -0.910. The molecule has 0 amide bonds. The van der Waals surface area contributed by atoms with E-state index >= 15 is 0 Å². The van der Waals surface area contributed by atoms with Crippen LogP contribution in [0, 0.1) is 5.82 Å². The lowest BCUT2D eigenvalue weighted by atomic mass is 10.2. The summed E-state index contributed by atoms with van der Waals surface area (Å²) in [7, 11) is 0. The van der Waals surface area contributed by atoms with E-state index in [0.29, 0.717) is 19.2 Å². The van der Waals surface area contributed by atoms with Crippen molar-refractivity contribution in [1.29, 1.82) is 0 Å². The van der Waals surface area contributed by atoms with Crippen LogP contribution in [0.25, 0.3) is 0 Å². The van der Waals surface area contributed by atoms with Gasteiger partial charge in [-0.15, -0.1) is 11.3 Å². The van der Waals surface area contributed by atoms with E-state index in [4.69, 9.17) is 4.74 Å². The zero-order chi connectivity index (χ0) is 14.5. The monoisotopic (exact) mass is 357 g/mol. The van der Waals surface area contributed by atoms with Gasteiger partial charge in [0.1, 0.15) is 18.2 Å². The van der Waals surface area contributed by atoms with Crippen LogP contribution in [0.5, 0.6) is 5.75 Å². The summed E-state index contributed by atoms with van der Waals surface area (Å²) in [5.41, 5.74) is 0.839. The van der Waals surface area contributed by atoms with E-state index in [-0.39, 0.29) is 5.82 Å². The molecule has 0 aliphatic carbocycles. The lowest BCUT2D eigenvalue weighted by Crippen LogP contribution is -2.22. The molecule has 1 N–H and O–H groups in total. The third-order valence-electron chi connectivity index (χ3n) is 2.77. The molecular formula is C15H17BrFNOS. The van der Waals surface area contributed by atoms with Crippen LogP contribution in [0.1, 0.15) is 24.3 Å². The number of ether oxygens (including phenoxy) is 1. The van der Waals surface area contributed by atoms with Crippen LogP contribution in [0.15, 0.2) is 34.1 Å². The van der Waals surface area contributed by atoms with E-state index in [1.165, 1.54) is 12.1 Å². The summed E-state index contributed by atoms with van der Waals surface area (Å²) in [6.07, 6.45) is 0. The van der Waals surface area contributed by atoms with Gasteiger partial charge in [0, 0.05) is 22.6 Å². The third-order valence-corrected chi connectivity index (χ3v) is 4.67. The second kappa shape index (κ2) is 7.20. The molecule has 1 aromatic heterocycles. The fraction of sp³-hybridized carbons (Fsp3) is 0.333. The molecule has 0 aliphatic heterocycles. The standard InChI is InChI=1S/C15H17BrFNOS/c1-10(2)18-8-11-7-12(17)3-4-14(11)19-9-15-13(16)5-6-20-15/h3-7,10,18H,8-9H2,1-2H3. The van der Waals surface area contributed by atoms with Gasteiger partial charge in [0.2, 0.25) is 0 Å². The van der Waals surface area contributed by atoms with Crippen LogP contribution in [0.4, 0.5) is 4.39 Å². The molecule has 0 aliphatic rings. The van der Waals surface area contributed by atoms with E-state index in [9.17, 15) is 4.39 Å². The second-order valence-electron chi connectivity index (χ2n) is 4.77. The number of rotatable bonds is 6. The third kappa shape index (κ3) is 4.30. The van der Waals surface area contributed by atoms with Gasteiger partial charge in [-0.25, -0.2) is 4.39 Å². The first-order chi connectivity index (χ1) is 9.56. The van der Waals surface area contributed by atoms with E-state index in [1.807, 2.05) is 11.4 Å². The number of hydrogen-bond acceptors (Lipinski definition) is 3. The van der Waals surface area contributed by atoms with E-state index < -0.39 is 0 Å². The van der Waals surface area contributed by atoms with Gasteiger partial charge in [-0.05, 0) is 45.6 Å². The molecule has 0 unspecified atom stereocenters. The summed E-state index contributed by atoms with van der Waals surface area (Å²) < 4.78 is 20.2. The predicted octanol–water partition coefficient (Wildman–Crippen LogP) is 4.73. The number of nitrogens with one attached hydrogen (secondary N) is 1. The van der Waals surface area contributed by atoms with E-state index in [1.54, 1.807) is 17.4 Å². The molecule has 5 heteroatoms. The Bertz CT molecular complexity index is 571. The second-order valence-corrected chi connectivity index (χ2v) is 6.62. The van der Waals surface area contributed by atoms with Crippen molar-refractivity contribution in [3.05, 3.63) is 50.4 Å². The summed E-state index contributed by atoms with van der Waals surface area (Å²) in [6, 6.07) is 6.98. The fourth-order valence-corrected chi connectivity index (χ4v) is 3.09. The molecule has 0 atom stereocenters. The zero-order valence-corrected chi connectivity index (χ0v) is 13.9. The maximum absolute atomic E-state index is 13.4. The molecule has 0 spiro atoms. The molecular weight excluding hydrogens is 341 g/mol. The minimum absolute atomic E-state index is 0.241. The Kier molecular flexibility index (Phi) is 5.57. The van der Waals surface area contributed by atoms with Gasteiger partial charge in [0.25, 0.3) is 0 Å². The Morgan fingerprint density at radius 1 is 1.35 bits per heavy atom. The number of thiophene rings is 1. The van der Waals surface area contributed by atoms with Crippen LogP contribution >= 0.6 is 27.3 Å². The molecule has 108 valence electrons. The van der Waals surface area contributed by atoms with Crippen molar-refractivity contribution in [3.8, 4) is 5.75 Å². The van der Waals surface area contributed by atoms with Crippen LogP contribution < -0.4 is 10.1 Å². The SMILES string of the molecule is CC(C)NCc1cc(F)ccc1OCc1sccc1Br. The minimum atomic E-state index is -0.241. The summed E-state index contributed by atoms with van der Waals surface area (Å²) in [5.74, 6) is 0.482. The summed E-state index contributed by atoms with van der Waals surface area (Å²) >= 11 is 5.11. The lowest BCUT2D eigenvalue weighted by molar-refractivity contribution is 0.304. The fourth-order valence-electron chi connectivity index (χ4n) is 1.71. The zero-order valence-electron chi connectivity index (χ0n) is 11.5. The van der Waals surface area contributed by atoms with Crippen molar-refractivity contribution in [2.24, 2.45) is 0 Å². The van der Waals surface area contributed by atoms with Crippen molar-refractivity contribution in [2.45, 2.75) is 33.0 Å². The first-order valence-electron chi connectivity index (χ1n) is 6.42. The van der Waals surface area contributed by atoms with Crippen LogP contribution in [-0.4, -0.2) is 6.04 Å². The normalized spacial score (nSPS) is 11.1. The molecule has 1 aromatic carbocycles. The Morgan fingerprint density at radius 3 is 2.80 bits per heavy atom. The molecule has 2 aromatic rings. The Balaban J connectivity index is 2.08. The first-order valence-corrected chi connectivity index (χ1v) is 8.10. The largest absolute Gasteiger partial charge is 0.488 e. The molecule has 2 nitrogen and oxygen atoms in total. The smallest absolute Gasteiger partial charge is 0.124 e. The molecule has 0 fully saturated rings. The minimum Gasteiger partial charge on any atom is -0.488 e. The van der Waals surface area contributed by atoms with Crippen LogP contribution in [0.2, 0.25) is 0 Å². The first kappa shape index (κ1) is 15.5. The lowest BCUT2D eigenvalue weighted by Gasteiger charge is -2.13. The Morgan fingerprint density at radius 2 is 2.15 bits per heavy atom. The molecule has 0 saturated heterocycles. The maximum atomic E-state index is 13.4. The molecule has 0 bridgehead atoms. The summed E-state index contributed by atoms with van der Waals surface area (Å²) in [4.78, 5) is 1.12. The van der Waals surface area contributed by atoms with Crippen molar-refractivity contribution in [1.82, 2.24) is 5.32 Å². The quantitative estimate of drug-likeness (QED) is 0.806. The highest BCUT2D eigenvalue weighted by Gasteiger charge is 2.08. The van der Waals surface area contributed by atoms with Gasteiger partial charge in [0.15, 0.2) is 0 Å². The van der Waals surface area contributed by atoms with Gasteiger partial charge in [-0.1, -0.05) is 13.8 Å². The van der Waals surface area contributed by atoms with Crippen molar-refractivity contribution >= 4 is 27.3 Å². The van der Waals surface area contributed by atoms with Gasteiger partial charge >= 0.3 is 0 Å². The van der Waals surface area contributed by atoms with E-state index in [0.717, 1.165) is 20.7 Å². The van der Waals surface area contributed by atoms with E-state index in [2.05, 4.69) is 35.1 Å². The van der Waals surface area contributed by atoms with Gasteiger partial charge in [-0.3, -0.25) is 0 Å². The molecule has 1 heterocycles. The number of benzene rings is 1. The van der Waals surface area contributed by atoms with Gasteiger partial charge in [0.05, 0.1) is 4.88 Å². The molecule has 0 saturated carbocycles. The topological polar surface area (TPSA) is 21.3 Å². The van der Waals surface area contributed by atoms with Crippen molar-refractivity contribution in [3.63, 3.8) is 0 Å². The highest BCUT2D eigenvalue weighted by atomic mass is 79.9. The summed E-state index contributed by atoms with van der Waals surface area (Å²) in [6.45, 7) is 5.19. The Labute approximate surface area is 131 Å². The predicted molar refractivity (Wildman–Crippen MR) is 84.7 cm³/mol. The average Bonchev–Trinajstić information content (AvgIpc) is 2.81. The van der Waals surface area contributed by atoms with Crippen molar-refractivity contribution in [2.75, 3.05) is 0 Å². The van der Waals surface area contributed by atoms with Gasteiger partial charge < -0.3 is 10.1 Å². The highest BCUT2D eigenvalue weighted by molar-refractivity contribution is 9.10. The van der Waals surface area contributed by atoms with Crippen LogP contribution in [0.3, 0.4) is 0 Å². The van der Waals surface area contributed by atoms with Crippen LogP contribution in [-0.2, 0) is 13.2 Å². The van der Waals surface area contributed by atoms with Gasteiger partial charge in [-0.2, -0.15) is 0 Å². The summed E-state index contributed by atoms with van der Waals surface area (Å²) in [5, 5.41) is 5.29. The molecule has 20 heavy (non-hydrogen) atoms. The average molecular weight is 358 g/mol. The maximum Gasteiger partial charge on any atom is 0.124 e. The number of hydrogen-bond donors (Lipinski definition) is 1.